The SMILES string of the molecule is Fc1ccc2sc(NCc3ccsc3)nc2c1. The molecule has 0 aliphatic heterocycles. The van der Waals surface area contributed by atoms with Crippen molar-refractivity contribution in [2.24, 2.45) is 0 Å². The Morgan fingerprint density at radius 1 is 1.29 bits per heavy atom. The first-order valence-electron chi connectivity index (χ1n) is 5.12. The third-order valence-electron chi connectivity index (χ3n) is 2.37. The Morgan fingerprint density at radius 2 is 2.24 bits per heavy atom. The van der Waals surface area contributed by atoms with Gasteiger partial charge in [-0.05, 0) is 34.5 Å². The molecule has 0 aliphatic carbocycles. The summed E-state index contributed by atoms with van der Waals surface area (Å²) in [7, 11) is 0. The second-order valence-electron chi connectivity index (χ2n) is 3.62. The number of halogens is 1. The van der Waals surface area contributed by atoms with Crippen LogP contribution in [-0.2, 0) is 6.54 Å². The van der Waals surface area contributed by atoms with E-state index in [2.05, 4.69) is 21.7 Å². The van der Waals surface area contributed by atoms with Crippen LogP contribution in [0.4, 0.5) is 9.52 Å². The maximum Gasteiger partial charge on any atom is 0.184 e. The van der Waals surface area contributed by atoms with Crippen LogP contribution in [0.1, 0.15) is 5.56 Å². The van der Waals surface area contributed by atoms with Gasteiger partial charge in [-0.2, -0.15) is 11.3 Å². The van der Waals surface area contributed by atoms with Crippen LogP contribution in [0.25, 0.3) is 10.2 Å². The Balaban J connectivity index is 1.81. The van der Waals surface area contributed by atoms with E-state index >= 15 is 0 Å². The zero-order valence-corrected chi connectivity index (χ0v) is 10.4. The summed E-state index contributed by atoms with van der Waals surface area (Å²) >= 11 is 3.22. The van der Waals surface area contributed by atoms with Crippen molar-refractivity contribution >= 4 is 38.0 Å². The highest BCUT2D eigenvalue weighted by Gasteiger charge is 2.04. The van der Waals surface area contributed by atoms with Gasteiger partial charge in [0.05, 0.1) is 10.2 Å². The van der Waals surface area contributed by atoms with Crippen molar-refractivity contribution in [1.29, 1.82) is 0 Å². The molecule has 5 heteroatoms. The van der Waals surface area contributed by atoms with E-state index in [1.165, 1.54) is 17.7 Å². The second kappa shape index (κ2) is 4.43. The number of anilines is 1. The summed E-state index contributed by atoms with van der Waals surface area (Å²) in [5.74, 6) is -0.243. The minimum Gasteiger partial charge on any atom is -0.357 e. The molecule has 0 bridgehead atoms. The molecule has 2 aromatic heterocycles. The quantitative estimate of drug-likeness (QED) is 0.770. The molecule has 0 radical (unpaired) electrons. The van der Waals surface area contributed by atoms with Gasteiger partial charge in [0.15, 0.2) is 5.13 Å². The smallest absolute Gasteiger partial charge is 0.184 e. The number of thiazole rings is 1. The zero-order chi connectivity index (χ0) is 11.7. The lowest BCUT2D eigenvalue weighted by Crippen LogP contribution is -1.96. The lowest BCUT2D eigenvalue weighted by Gasteiger charge is -1.98. The molecule has 3 aromatic rings. The van der Waals surface area contributed by atoms with E-state index in [4.69, 9.17) is 0 Å². The van der Waals surface area contributed by atoms with Crippen LogP contribution in [0.3, 0.4) is 0 Å². The van der Waals surface area contributed by atoms with Crippen LogP contribution in [0.2, 0.25) is 0 Å². The molecule has 3 rings (SSSR count). The molecular formula is C12H9FN2S2. The largest absolute Gasteiger partial charge is 0.357 e. The fourth-order valence-electron chi connectivity index (χ4n) is 1.55. The van der Waals surface area contributed by atoms with Crippen LogP contribution in [0.5, 0.6) is 0 Å². The van der Waals surface area contributed by atoms with Crippen molar-refractivity contribution in [3.63, 3.8) is 0 Å². The fourth-order valence-corrected chi connectivity index (χ4v) is 3.06. The lowest BCUT2D eigenvalue weighted by atomic mass is 10.3. The first-order chi connectivity index (χ1) is 8.31. The molecule has 0 saturated carbocycles. The highest BCUT2D eigenvalue weighted by Crippen LogP contribution is 2.26. The Morgan fingerprint density at radius 3 is 3.06 bits per heavy atom. The Kier molecular flexibility index (Phi) is 2.78. The summed E-state index contributed by atoms with van der Waals surface area (Å²) < 4.78 is 14.0. The molecule has 0 atom stereocenters. The van der Waals surface area contributed by atoms with E-state index in [1.54, 1.807) is 28.7 Å². The average Bonchev–Trinajstić information content (AvgIpc) is 2.94. The standard InChI is InChI=1S/C12H9FN2S2/c13-9-1-2-11-10(5-9)15-12(17-11)14-6-8-3-4-16-7-8/h1-5,7H,6H2,(H,14,15). The van der Waals surface area contributed by atoms with Gasteiger partial charge in [0, 0.05) is 12.6 Å². The normalized spacial score (nSPS) is 10.9. The number of nitrogens with zero attached hydrogens (tertiary/aromatic N) is 1. The molecule has 1 aromatic carbocycles. The fraction of sp³-hybridized carbons (Fsp3) is 0.0833. The number of nitrogens with one attached hydrogen (secondary N) is 1. The number of hydrogen-bond acceptors (Lipinski definition) is 4. The van der Waals surface area contributed by atoms with Crippen LogP contribution >= 0.6 is 22.7 Å². The lowest BCUT2D eigenvalue weighted by molar-refractivity contribution is 0.629. The topological polar surface area (TPSA) is 24.9 Å². The van der Waals surface area contributed by atoms with Crippen molar-refractivity contribution in [2.75, 3.05) is 5.32 Å². The van der Waals surface area contributed by atoms with Gasteiger partial charge >= 0.3 is 0 Å². The van der Waals surface area contributed by atoms with Crippen LogP contribution in [-0.4, -0.2) is 4.98 Å². The summed E-state index contributed by atoms with van der Waals surface area (Å²) in [5, 5.41) is 8.22. The maximum atomic E-state index is 13.0. The van der Waals surface area contributed by atoms with Crippen molar-refractivity contribution in [3.8, 4) is 0 Å². The summed E-state index contributed by atoms with van der Waals surface area (Å²) in [6.45, 7) is 0.756. The van der Waals surface area contributed by atoms with E-state index in [0.29, 0.717) is 5.52 Å². The minimum atomic E-state index is -0.243. The summed E-state index contributed by atoms with van der Waals surface area (Å²) in [4.78, 5) is 4.34. The first kappa shape index (κ1) is 10.7. The van der Waals surface area contributed by atoms with Gasteiger partial charge in [0.2, 0.25) is 0 Å². The van der Waals surface area contributed by atoms with E-state index in [0.717, 1.165) is 16.4 Å². The molecule has 0 aliphatic rings. The van der Waals surface area contributed by atoms with Gasteiger partial charge in [-0.1, -0.05) is 11.3 Å². The number of hydrogen-bond donors (Lipinski definition) is 1. The Hall–Kier alpha value is -1.46. The number of fused-ring (bicyclic) bond motifs is 1. The van der Waals surface area contributed by atoms with E-state index in [9.17, 15) is 4.39 Å². The van der Waals surface area contributed by atoms with Gasteiger partial charge in [-0.25, -0.2) is 9.37 Å². The summed E-state index contributed by atoms with van der Waals surface area (Å²) in [6.07, 6.45) is 0. The summed E-state index contributed by atoms with van der Waals surface area (Å²) in [5.41, 5.74) is 1.95. The Labute approximate surface area is 106 Å². The molecular weight excluding hydrogens is 255 g/mol. The minimum absolute atomic E-state index is 0.243. The van der Waals surface area contributed by atoms with Gasteiger partial charge in [-0.3, -0.25) is 0 Å². The number of benzene rings is 1. The van der Waals surface area contributed by atoms with Crippen molar-refractivity contribution in [1.82, 2.24) is 4.98 Å². The predicted molar refractivity (Wildman–Crippen MR) is 71.2 cm³/mol. The van der Waals surface area contributed by atoms with E-state index < -0.39 is 0 Å². The Bertz CT molecular complexity index is 631. The average molecular weight is 264 g/mol. The van der Waals surface area contributed by atoms with Gasteiger partial charge in [-0.15, -0.1) is 0 Å². The molecule has 86 valence electrons. The summed E-state index contributed by atoms with van der Waals surface area (Å²) in [6, 6.07) is 6.76. The number of aromatic nitrogens is 1. The molecule has 0 amide bonds. The molecule has 0 saturated heterocycles. The molecule has 17 heavy (non-hydrogen) atoms. The molecule has 2 nitrogen and oxygen atoms in total. The van der Waals surface area contributed by atoms with Crippen LogP contribution < -0.4 is 5.32 Å². The van der Waals surface area contributed by atoms with E-state index in [1.807, 2.05) is 5.38 Å². The van der Waals surface area contributed by atoms with Crippen molar-refractivity contribution in [2.45, 2.75) is 6.54 Å². The van der Waals surface area contributed by atoms with Gasteiger partial charge in [0.25, 0.3) is 0 Å². The van der Waals surface area contributed by atoms with Gasteiger partial charge in [0.1, 0.15) is 5.82 Å². The first-order valence-corrected chi connectivity index (χ1v) is 6.88. The highest BCUT2D eigenvalue weighted by molar-refractivity contribution is 7.22. The molecule has 2 heterocycles. The van der Waals surface area contributed by atoms with Crippen molar-refractivity contribution < 1.29 is 4.39 Å². The third-order valence-corrected chi connectivity index (χ3v) is 4.10. The van der Waals surface area contributed by atoms with Crippen LogP contribution in [0.15, 0.2) is 35.0 Å². The highest BCUT2D eigenvalue weighted by atomic mass is 32.1. The molecule has 0 fully saturated rings. The number of thiophene rings is 1. The maximum absolute atomic E-state index is 13.0. The predicted octanol–water partition coefficient (Wildman–Crippen LogP) is 4.11. The molecule has 1 N–H and O–H groups in total. The van der Waals surface area contributed by atoms with Crippen LogP contribution in [0, 0.1) is 5.82 Å². The third kappa shape index (κ3) is 2.30. The second-order valence-corrected chi connectivity index (χ2v) is 5.43. The molecule has 0 spiro atoms. The monoisotopic (exact) mass is 264 g/mol. The zero-order valence-electron chi connectivity index (χ0n) is 8.81. The molecule has 0 unspecified atom stereocenters. The number of rotatable bonds is 3. The van der Waals surface area contributed by atoms with Gasteiger partial charge < -0.3 is 5.32 Å². The van der Waals surface area contributed by atoms with E-state index in [-0.39, 0.29) is 5.82 Å². The van der Waals surface area contributed by atoms with Crippen molar-refractivity contribution in [3.05, 3.63) is 46.4 Å².